The average molecular weight is 283 g/mol. The lowest BCUT2D eigenvalue weighted by molar-refractivity contribution is 0.251. The van der Waals surface area contributed by atoms with Gasteiger partial charge in [0.2, 0.25) is 5.89 Å². The molecule has 0 aliphatic heterocycles. The van der Waals surface area contributed by atoms with Crippen LogP contribution in [-0.4, -0.2) is 22.7 Å². The number of hydrogen-bond donors (Lipinski definition) is 3. The van der Waals surface area contributed by atoms with E-state index in [-0.39, 0.29) is 30.5 Å². The van der Waals surface area contributed by atoms with Crippen molar-refractivity contribution in [2.75, 3.05) is 17.6 Å². The lowest BCUT2D eigenvalue weighted by atomic mass is 10.3. The highest BCUT2D eigenvalue weighted by Crippen LogP contribution is 2.14. The number of halogens is 2. The van der Waals surface area contributed by atoms with Crippen molar-refractivity contribution in [3.63, 3.8) is 0 Å². The Balaban J connectivity index is 1.80. The van der Waals surface area contributed by atoms with Gasteiger partial charge in [-0.1, -0.05) is 0 Å². The SMILES string of the molecule is Nc1noc(CCNC(=O)Nc2ccc(F)cc2F)n1. The smallest absolute Gasteiger partial charge is 0.319 e. The molecule has 0 bridgehead atoms. The van der Waals surface area contributed by atoms with E-state index in [1.807, 2.05) is 0 Å². The summed E-state index contributed by atoms with van der Waals surface area (Å²) < 4.78 is 30.7. The van der Waals surface area contributed by atoms with Crippen LogP contribution in [0.1, 0.15) is 5.89 Å². The minimum Gasteiger partial charge on any atom is -0.365 e. The van der Waals surface area contributed by atoms with E-state index in [1.54, 1.807) is 0 Å². The highest BCUT2D eigenvalue weighted by atomic mass is 19.1. The van der Waals surface area contributed by atoms with Crippen molar-refractivity contribution in [3.05, 3.63) is 35.7 Å². The molecule has 4 N–H and O–H groups in total. The molecule has 0 saturated heterocycles. The molecule has 0 aliphatic carbocycles. The van der Waals surface area contributed by atoms with Crippen molar-refractivity contribution >= 4 is 17.7 Å². The fraction of sp³-hybridized carbons (Fsp3) is 0.182. The number of carbonyl (C=O) groups excluding carboxylic acids is 1. The molecule has 2 amide bonds. The second kappa shape index (κ2) is 5.95. The molecule has 1 aromatic carbocycles. The van der Waals surface area contributed by atoms with Crippen LogP contribution in [-0.2, 0) is 6.42 Å². The number of anilines is 2. The van der Waals surface area contributed by atoms with Crippen LogP contribution >= 0.6 is 0 Å². The third-order valence-corrected chi connectivity index (χ3v) is 2.29. The summed E-state index contributed by atoms with van der Waals surface area (Å²) in [6, 6.07) is 2.21. The standard InChI is InChI=1S/C11H11F2N5O2/c12-6-1-2-8(7(13)5-6)16-11(19)15-4-3-9-17-10(14)18-20-9/h1-2,5H,3-4H2,(H2,14,18)(H2,15,16,19). The predicted octanol–water partition coefficient (Wildman–Crippen LogP) is 1.29. The maximum Gasteiger partial charge on any atom is 0.319 e. The van der Waals surface area contributed by atoms with Gasteiger partial charge in [-0.15, -0.1) is 0 Å². The fourth-order valence-electron chi connectivity index (χ4n) is 1.41. The second-order valence-corrected chi connectivity index (χ2v) is 3.80. The Kier molecular flexibility index (Phi) is 4.08. The van der Waals surface area contributed by atoms with Gasteiger partial charge < -0.3 is 20.9 Å². The van der Waals surface area contributed by atoms with E-state index in [0.717, 1.165) is 12.1 Å². The monoisotopic (exact) mass is 283 g/mol. The molecule has 2 aromatic rings. The molecule has 0 spiro atoms. The molecule has 0 fully saturated rings. The number of aromatic nitrogens is 2. The van der Waals surface area contributed by atoms with Gasteiger partial charge in [-0.2, -0.15) is 4.98 Å². The predicted molar refractivity (Wildman–Crippen MR) is 65.8 cm³/mol. The summed E-state index contributed by atoms with van der Waals surface area (Å²) in [6.45, 7) is 0.191. The summed E-state index contributed by atoms with van der Waals surface area (Å²) in [6.07, 6.45) is 0.281. The van der Waals surface area contributed by atoms with Crippen molar-refractivity contribution in [2.45, 2.75) is 6.42 Å². The van der Waals surface area contributed by atoms with E-state index >= 15 is 0 Å². The fourth-order valence-corrected chi connectivity index (χ4v) is 1.41. The quantitative estimate of drug-likeness (QED) is 0.784. The van der Waals surface area contributed by atoms with E-state index in [9.17, 15) is 13.6 Å². The van der Waals surface area contributed by atoms with Crippen LogP contribution in [0.5, 0.6) is 0 Å². The van der Waals surface area contributed by atoms with Crippen molar-refractivity contribution < 1.29 is 18.1 Å². The molecule has 20 heavy (non-hydrogen) atoms. The first-order chi connectivity index (χ1) is 9.54. The molecule has 1 aromatic heterocycles. The normalized spacial score (nSPS) is 10.3. The zero-order valence-electron chi connectivity index (χ0n) is 10.2. The minimum atomic E-state index is -0.857. The number of nitrogens with zero attached hydrogens (tertiary/aromatic N) is 2. The van der Waals surface area contributed by atoms with Crippen LogP contribution < -0.4 is 16.4 Å². The summed E-state index contributed by atoms with van der Waals surface area (Å²) in [5, 5.41) is 8.08. The third kappa shape index (κ3) is 3.64. The first-order valence-corrected chi connectivity index (χ1v) is 5.62. The Hall–Kier alpha value is -2.71. The van der Waals surface area contributed by atoms with Gasteiger partial charge in [0.1, 0.15) is 11.6 Å². The average Bonchev–Trinajstić information content (AvgIpc) is 2.79. The van der Waals surface area contributed by atoms with Gasteiger partial charge in [-0.05, 0) is 17.3 Å². The largest absolute Gasteiger partial charge is 0.365 e. The molecule has 0 aliphatic rings. The molecule has 0 unspecified atom stereocenters. The highest BCUT2D eigenvalue weighted by Gasteiger charge is 2.08. The second-order valence-electron chi connectivity index (χ2n) is 3.80. The molecule has 2 rings (SSSR count). The van der Waals surface area contributed by atoms with Crippen LogP contribution in [0, 0.1) is 11.6 Å². The molecular formula is C11H11F2N5O2. The van der Waals surface area contributed by atoms with E-state index < -0.39 is 17.7 Å². The van der Waals surface area contributed by atoms with Crippen LogP contribution in [0.4, 0.5) is 25.2 Å². The number of carbonyl (C=O) groups is 1. The maximum atomic E-state index is 13.3. The van der Waals surface area contributed by atoms with E-state index in [1.165, 1.54) is 0 Å². The van der Waals surface area contributed by atoms with Gasteiger partial charge in [0.15, 0.2) is 0 Å². The van der Waals surface area contributed by atoms with E-state index in [4.69, 9.17) is 10.3 Å². The zero-order valence-corrected chi connectivity index (χ0v) is 10.2. The van der Waals surface area contributed by atoms with Gasteiger partial charge >= 0.3 is 6.03 Å². The summed E-state index contributed by atoms with van der Waals surface area (Å²) in [5.74, 6) is -1.29. The summed E-state index contributed by atoms with van der Waals surface area (Å²) >= 11 is 0. The van der Waals surface area contributed by atoms with Crippen molar-refractivity contribution in [1.82, 2.24) is 15.5 Å². The topological polar surface area (TPSA) is 106 Å². The third-order valence-electron chi connectivity index (χ3n) is 2.29. The van der Waals surface area contributed by atoms with Crippen molar-refractivity contribution in [2.24, 2.45) is 0 Å². The Morgan fingerprint density at radius 1 is 1.40 bits per heavy atom. The first-order valence-electron chi connectivity index (χ1n) is 5.62. The molecular weight excluding hydrogens is 272 g/mol. The Bertz CT molecular complexity index is 617. The first kappa shape index (κ1) is 13.7. The molecule has 1 heterocycles. The molecule has 0 atom stereocenters. The van der Waals surface area contributed by atoms with Gasteiger partial charge in [-0.3, -0.25) is 0 Å². The van der Waals surface area contributed by atoms with Gasteiger partial charge in [0, 0.05) is 19.0 Å². The van der Waals surface area contributed by atoms with Crippen LogP contribution in [0.25, 0.3) is 0 Å². The molecule has 0 saturated carbocycles. The van der Waals surface area contributed by atoms with E-state index in [2.05, 4.69) is 20.8 Å². The van der Waals surface area contributed by atoms with Gasteiger partial charge in [-0.25, -0.2) is 13.6 Å². The lowest BCUT2D eigenvalue weighted by Crippen LogP contribution is -2.30. The Morgan fingerprint density at radius 2 is 2.20 bits per heavy atom. The number of amides is 2. The molecule has 106 valence electrons. The zero-order chi connectivity index (χ0) is 14.5. The molecule has 7 nitrogen and oxygen atoms in total. The number of hydrogen-bond acceptors (Lipinski definition) is 5. The number of nitrogens with two attached hydrogens (primary N) is 1. The Morgan fingerprint density at radius 3 is 2.85 bits per heavy atom. The lowest BCUT2D eigenvalue weighted by Gasteiger charge is -2.07. The van der Waals surface area contributed by atoms with Crippen molar-refractivity contribution in [1.29, 1.82) is 0 Å². The van der Waals surface area contributed by atoms with Gasteiger partial charge in [0.05, 0.1) is 5.69 Å². The highest BCUT2D eigenvalue weighted by molar-refractivity contribution is 5.89. The maximum absolute atomic E-state index is 13.3. The van der Waals surface area contributed by atoms with Crippen molar-refractivity contribution in [3.8, 4) is 0 Å². The number of nitrogen functional groups attached to an aromatic ring is 1. The van der Waals surface area contributed by atoms with Crippen LogP contribution in [0.3, 0.4) is 0 Å². The van der Waals surface area contributed by atoms with Gasteiger partial charge in [0.25, 0.3) is 5.95 Å². The van der Waals surface area contributed by atoms with E-state index in [0.29, 0.717) is 6.07 Å². The van der Waals surface area contributed by atoms with Crippen LogP contribution in [0.15, 0.2) is 22.7 Å². The minimum absolute atomic E-state index is 0.0119. The number of nitrogens with one attached hydrogen (secondary N) is 2. The number of rotatable bonds is 4. The number of benzene rings is 1. The number of urea groups is 1. The summed E-state index contributed by atoms with van der Waals surface area (Å²) in [7, 11) is 0. The summed E-state index contributed by atoms with van der Waals surface area (Å²) in [5.41, 5.74) is 5.13. The summed E-state index contributed by atoms with van der Waals surface area (Å²) in [4.78, 5) is 15.2. The molecule has 0 radical (unpaired) electrons. The molecule has 9 heteroatoms. The Labute approximate surface area is 112 Å². The van der Waals surface area contributed by atoms with Crippen LogP contribution in [0.2, 0.25) is 0 Å².